The smallest absolute Gasteiger partial charge is 0.285 e. The minimum absolute atomic E-state index is 0.00717. The molecule has 3 rings (SSSR count). The van der Waals surface area contributed by atoms with Crippen LogP contribution in [0, 0.1) is 0 Å². The fourth-order valence-corrected chi connectivity index (χ4v) is 4.39. The van der Waals surface area contributed by atoms with Crippen molar-refractivity contribution in [2.24, 2.45) is 4.40 Å². The average Bonchev–Trinajstić information content (AvgIpc) is 2.92. The van der Waals surface area contributed by atoms with E-state index >= 15 is 0 Å². The number of fused-ring (bicyclic) bond motifs is 1. The third-order valence-electron chi connectivity index (χ3n) is 4.37. The van der Waals surface area contributed by atoms with Crippen molar-refractivity contribution in [3.63, 3.8) is 0 Å². The van der Waals surface area contributed by atoms with Crippen molar-refractivity contribution >= 4 is 33.4 Å². The zero-order valence-corrected chi connectivity index (χ0v) is 16.6. The lowest BCUT2D eigenvalue weighted by atomic mass is 10.0. The number of rotatable bonds is 5. The van der Waals surface area contributed by atoms with Crippen molar-refractivity contribution in [2.45, 2.75) is 24.3 Å². The Kier molecular flexibility index (Phi) is 5.53. The second-order valence-corrected chi connectivity index (χ2v) is 8.33. The summed E-state index contributed by atoms with van der Waals surface area (Å²) in [6.07, 6.45) is 0.718. The number of hydrogen-bond donors (Lipinski definition) is 1. The second kappa shape index (κ2) is 7.70. The molecule has 1 aliphatic heterocycles. The summed E-state index contributed by atoms with van der Waals surface area (Å²) < 4.78 is 28.2. The summed E-state index contributed by atoms with van der Waals surface area (Å²) in [7, 11) is -2.06. The van der Waals surface area contributed by atoms with Crippen molar-refractivity contribution in [2.75, 3.05) is 13.6 Å². The van der Waals surface area contributed by atoms with Crippen LogP contribution in [-0.2, 0) is 14.8 Å². The van der Waals surface area contributed by atoms with Crippen LogP contribution in [0.5, 0.6) is 0 Å². The van der Waals surface area contributed by atoms with Crippen LogP contribution in [0.1, 0.15) is 30.5 Å². The van der Waals surface area contributed by atoms with Gasteiger partial charge < -0.3 is 10.2 Å². The number of carbonyl (C=O) groups is 1. The van der Waals surface area contributed by atoms with Crippen molar-refractivity contribution < 1.29 is 13.2 Å². The molecule has 0 aromatic heterocycles. The molecule has 142 valence electrons. The molecule has 0 aliphatic carbocycles. The Hall–Kier alpha value is -2.38. The van der Waals surface area contributed by atoms with Gasteiger partial charge in [0.2, 0.25) is 5.91 Å². The number of nitrogens with zero attached hydrogens (tertiary/aromatic N) is 2. The van der Waals surface area contributed by atoms with Crippen LogP contribution >= 0.6 is 11.6 Å². The summed E-state index contributed by atoms with van der Waals surface area (Å²) in [5.41, 5.74) is 1.47. The molecular formula is C19H20ClN3O3S. The van der Waals surface area contributed by atoms with E-state index in [0.29, 0.717) is 10.6 Å². The number of carbonyl (C=O) groups excluding carboxylic acids is 1. The first-order valence-corrected chi connectivity index (χ1v) is 10.3. The lowest BCUT2D eigenvalue weighted by molar-refractivity contribution is -0.122. The number of halogens is 1. The van der Waals surface area contributed by atoms with Gasteiger partial charge >= 0.3 is 0 Å². The van der Waals surface area contributed by atoms with Crippen molar-refractivity contribution in [3.05, 3.63) is 64.7 Å². The number of sulfonamides is 1. The van der Waals surface area contributed by atoms with Crippen LogP contribution in [0.25, 0.3) is 0 Å². The highest BCUT2D eigenvalue weighted by molar-refractivity contribution is 7.90. The molecular weight excluding hydrogens is 386 g/mol. The van der Waals surface area contributed by atoms with Crippen LogP contribution < -0.4 is 5.32 Å². The molecule has 0 fully saturated rings. The Balaban J connectivity index is 1.72. The van der Waals surface area contributed by atoms with Gasteiger partial charge in [-0.3, -0.25) is 4.79 Å². The molecule has 0 saturated carbocycles. The lowest BCUT2D eigenvalue weighted by Gasteiger charge is -2.22. The fraction of sp³-hybridized carbons (Fsp3) is 0.263. The van der Waals surface area contributed by atoms with Crippen molar-refractivity contribution in [3.8, 4) is 0 Å². The molecule has 0 bridgehead atoms. The Morgan fingerprint density at radius 3 is 2.52 bits per heavy atom. The van der Waals surface area contributed by atoms with Gasteiger partial charge in [0.05, 0.1) is 12.6 Å². The molecule has 0 saturated heterocycles. The van der Waals surface area contributed by atoms with E-state index in [1.165, 1.54) is 6.07 Å². The molecule has 1 atom stereocenters. The van der Waals surface area contributed by atoms with Crippen molar-refractivity contribution in [1.82, 2.24) is 10.2 Å². The number of benzene rings is 2. The van der Waals surface area contributed by atoms with E-state index in [4.69, 9.17) is 11.6 Å². The summed E-state index contributed by atoms with van der Waals surface area (Å²) >= 11 is 5.91. The van der Waals surface area contributed by atoms with E-state index in [-0.39, 0.29) is 29.2 Å². The lowest BCUT2D eigenvalue weighted by Crippen LogP contribution is -2.39. The maximum Gasteiger partial charge on any atom is 0.285 e. The molecule has 0 spiro atoms. The highest BCUT2D eigenvalue weighted by Gasteiger charge is 2.31. The van der Waals surface area contributed by atoms with Gasteiger partial charge in [-0.1, -0.05) is 42.8 Å². The highest BCUT2D eigenvalue weighted by Crippen LogP contribution is 2.27. The third kappa shape index (κ3) is 4.14. The van der Waals surface area contributed by atoms with Gasteiger partial charge in [-0.2, -0.15) is 8.42 Å². The van der Waals surface area contributed by atoms with Gasteiger partial charge in [-0.15, -0.1) is 4.40 Å². The van der Waals surface area contributed by atoms with Crippen LogP contribution in [0.4, 0.5) is 0 Å². The van der Waals surface area contributed by atoms with Gasteiger partial charge in [-0.25, -0.2) is 0 Å². The monoisotopic (exact) mass is 405 g/mol. The molecule has 27 heavy (non-hydrogen) atoms. The van der Waals surface area contributed by atoms with Gasteiger partial charge in [-0.05, 0) is 36.2 Å². The van der Waals surface area contributed by atoms with E-state index in [1.807, 2.05) is 19.1 Å². The Morgan fingerprint density at radius 1 is 1.19 bits per heavy atom. The van der Waals surface area contributed by atoms with Crippen LogP contribution in [0.3, 0.4) is 0 Å². The largest absolute Gasteiger partial charge is 0.349 e. The highest BCUT2D eigenvalue weighted by atomic mass is 35.5. The Morgan fingerprint density at radius 2 is 1.85 bits per heavy atom. The molecule has 8 heteroatoms. The summed E-state index contributed by atoms with van der Waals surface area (Å²) in [5, 5.41) is 3.61. The molecule has 1 unspecified atom stereocenters. The maximum absolute atomic E-state index is 12.5. The average molecular weight is 406 g/mol. The van der Waals surface area contributed by atoms with Crippen LogP contribution in [0.15, 0.2) is 57.8 Å². The first kappa shape index (κ1) is 19.4. The standard InChI is InChI=1S/C19H20ClN3O3S/c1-3-16(13-8-10-14(20)11-9-13)21-18(24)12-23(2)19-15-6-4-5-7-17(15)27(25,26)22-19/h4-11,16H,3,12H2,1-2H3,(H,21,24). The molecule has 6 nitrogen and oxygen atoms in total. The molecule has 1 heterocycles. The number of amidine groups is 1. The number of amides is 1. The predicted molar refractivity (Wildman–Crippen MR) is 105 cm³/mol. The van der Waals surface area contributed by atoms with Crippen LogP contribution in [-0.4, -0.2) is 38.7 Å². The number of hydrogen-bond acceptors (Lipinski definition) is 4. The second-order valence-electron chi connectivity index (χ2n) is 6.32. The normalized spacial score (nSPS) is 15.6. The van der Waals surface area contributed by atoms with Crippen molar-refractivity contribution in [1.29, 1.82) is 0 Å². The Labute approximate surface area is 163 Å². The quantitative estimate of drug-likeness (QED) is 0.829. The summed E-state index contributed by atoms with van der Waals surface area (Å²) in [6.45, 7) is 1.97. The number of nitrogens with one attached hydrogen (secondary N) is 1. The predicted octanol–water partition coefficient (Wildman–Crippen LogP) is 2.99. The van der Waals surface area contributed by atoms with E-state index in [0.717, 1.165) is 12.0 Å². The van der Waals surface area contributed by atoms with E-state index in [9.17, 15) is 13.2 Å². The maximum atomic E-state index is 12.5. The van der Waals surface area contributed by atoms with Gasteiger partial charge in [0.15, 0.2) is 5.84 Å². The zero-order chi connectivity index (χ0) is 19.6. The number of likely N-dealkylation sites (N-methyl/N-ethyl adjacent to an activating group) is 1. The summed E-state index contributed by atoms with van der Waals surface area (Å²) in [6, 6.07) is 13.8. The van der Waals surface area contributed by atoms with E-state index in [2.05, 4.69) is 9.71 Å². The molecule has 2 aromatic rings. The molecule has 1 aliphatic rings. The zero-order valence-electron chi connectivity index (χ0n) is 15.0. The van der Waals surface area contributed by atoms with Gasteiger partial charge in [0, 0.05) is 17.6 Å². The topological polar surface area (TPSA) is 78.8 Å². The molecule has 1 amide bonds. The van der Waals surface area contributed by atoms with E-state index < -0.39 is 10.0 Å². The van der Waals surface area contributed by atoms with Gasteiger partial charge in [0.25, 0.3) is 10.0 Å². The molecule has 2 aromatic carbocycles. The van der Waals surface area contributed by atoms with Crippen LogP contribution in [0.2, 0.25) is 5.02 Å². The summed E-state index contributed by atoms with van der Waals surface area (Å²) in [4.78, 5) is 14.2. The molecule has 0 radical (unpaired) electrons. The first-order chi connectivity index (χ1) is 12.8. The molecule has 1 N–H and O–H groups in total. The SMILES string of the molecule is CCC(NC(=O)CN(C)C1=NS(=O)(=O)c2ccccc21)c1ccc(Cl)cc1. The van der Waals surface area contributed by atoms with E-state index in [1.54, 1.807) is 42.3 Å². The Bertz CT molecular complexity index is 988. The first-order valence-electron chi connectivity index (χ1n) is 8.52. The fourth-order valence-electron chi connectivity index (χ4n) is 3.01. The minimum atomic E-state index is -3.71. The summed E-state index contributed by atoms with van der Waals surface area (Å²) in [5.74, 6) is 0.0593. The minimum Gasteiger partial charge on any atom is -0.349 e. The van der Waals surface area contributed by atoms with Gasteiger partial charge in [0.1, 0.15) is 4.90 Å². The third-order valence-corrected chi connectivity index (χ3v) is 5.95.